The van der Waals surface area contributed by atoms with Crippen molar-refractivity contribution in [2.24, 2.45) is 0 Å². The molecule has 8 aromatic carbocycles. The lowest BCUT2D eigenvalue weighted by atomic mass is 10.0. The molecule has 12 aromatic rings. The van der Waals surface area contributed by atoms with E-state index in [0.29, 0.717) is 63.1 Å². The molecule has 4 atom stereocenters. The van der Waals surface area contributed by atoms with Gasteiger partial charge < -0.3 is 36.2 Å². The molecule has 24 heteroatoms. The normalized spacial score (nSPS) is 11.8. The number of carbonyl (C=O) groups excluding carboxylic acids is 4. The smallest absolute Gasteiger partial charge is 0.337 e. The molecule has 4 heterocycles. The Kier molecular flexibility index (Phi) is 29.6. The lowest BCUT2D eigenvalue weighted by Crippen LogP contribution is -2.30. The highest BCUT2D eigenvalue weighted by molar-refractivity contribution is 6.44. The molecule has 0 radical (unpaired) electrons. The number of carboxylic acids is 1. The number of pyridine rings is 4. The number of rotatable bonds is 20. The van der Waals surface area contributed by atoms with Gasteiger partial charge in [-0.25, -0.2) is 4.79 Å². The fourth-order valence-corrected chi connectivity index (χ4v) is 11.6. The van der Waals surface area contributed by atoms with E-state index in [1.54, 1.807) is 85.2 Å². The highest BCUT2D eigenvalue weighted by Gasteiger charge is 2.25. The Morgan fingerprint density at radius 3 is 0.887 bits per heavy atom. The number of aromatic nitrogens is 4. The average molecular weight is 1570 g/mol. The van der Waals surface area contributed by atoms with Crippen molar-refractivity contribution in [1.82, 2.24) is 46.1 Å². The first-order valence-electron chi connectivity index (χ1n) is 32.6. The molecule has 16 nitrogen and oxygen atoms in total. The van der Waals surface area contributed by atoms with Gasteiger partial charge in [-0.1, -0.05) is 226 Å². The van der Waals surface area contributed by atoms with Gasteiger partial charge in [-0.3, -0.25) is 39.1 Å². The predicted octanol–water partition coefficient (Wildman–Crippen LogP) is 19.5. The van der Waals surface area contributed by atoms with E-state index in [1.807, 2.05) is 203 Å². The fourth-order valence-electron chi connectivity index (χ4n) is 10.4. The topological polar surface area (TPSA) is 212 Å². The summed E-state index contributed by atoms with van der Waals surface area (Å²) >= 11 is 47.8. The van der Waals surface area contributed by atoms with E-state index >= 15 is 0 Å². The average Bonchev–Trinajstić information content (AvgIpc) is 0.830. The molecular formula is C82H68Cl8N10O6. The number of nitrogens with one attached hydrogen (secondary N) is 4. The van der Waals surface area contributed by atoms with Crippen LogP contribution in [0.2, 0.25) is 40.2 Å². The lowest BCUT2D eigenvalue weighted by molar-refractivity contribution is 0.0695. The third kappa shape index (κ3) is 22.9. The van der Waals surface area contributed by atoms with Crippen molar-refractivity contribution in [3.8, 4) is 0 Å². The molecule has 0 aliphatic rings. The van der Waals surface area contributed by atoms with Gasteiger partial charge in [-0.15, -0.1) is 0 Å². The molecule has 12 rings (SSSR count). The van der Waals surface area contributed by atoms with E-state index in [4.69, 9.17) is 97.9 Å². The Morgan fingerprint density at radius 1 is 0.330 bits per heavy atom. The quantitative estimate of drug-likeness (QED) is 0.0482. The standard InChI is InChI=1S/C22H21Cl2N3O.C21H19Cl2N3O.C20H14Cl2N2O3.C19H14Cl2N2O/c1-27(2)14-15-8-11-20(25-13-15)21(16-6-4-3-5-7-16)26-22(28)17-9-10-18(23)19(24)12-17;1-26(2)16-9-11-19(24-13-16)20(14-6-4-3-5-7-14)25-21(27)15-8-10-17(22)18(23)12-15;21-15-8-6-13(10-16(15)22)19(25)24-18(12-4-2-1-3-5-12)17-9-7-14(11-23-17)20(26)27;20-15-10-9-14(12-16(15)21)19(24)23-18(13-6-2-1-3-7-13)17-8-4-5-11-22-17/h3-13,21H,14H2,1-2H3,(H,26,28);3-13,20H,1-2H3,(H,25,27);1-11,18H,(H,24,25)(H,26,27);1-12,18H,(H,23,24)/t21-;20-;2*18-/m0000/s1. The summed E-state index contributed by atoms with van der Waals surface area (Å²) in [5.74, 6) is -2.16. The maximum atomic E-state index is 12.8. The van der Waals surface area contributed by atoms with Gasteiger partial charge in [0.05, 0.1) is 105 Å². The van der Waals surface area contributed by atoms with Gasteiger partial charge in [0.1, 0.15) is 0 Å². The molecule has 0 aliphatic heterocycles. The first-order chi connectivity index (χ1) is 51.0. The third-order valence-corrected chi connectivity index (χ3v) is 18.9. The van der Waals surface area contributed by atoms with Gasteiger partial charge >= 0.3 is 5.97 Å². The molecule has 106 heavy (non-hydrogen) atoms. The molecule has 4 amide bonds. The Balaban J connectivity index is 0.000000164. The van der Waals surface area contributed by atoms with Gasteiger partial charge in [0.25, 0.3) is 23.6 Å². The minimum atomic E-state index is -1.06. The first-order valence-corrected chi connectivity index (χ1v) is 35.6. The zero-order valence-corrected chi connectivity index (χ0v) is 63.2. The number of anilines is 1. The number of benzene rings is 8. The number of nitrogens with zero attached hydrogens (tertiary/aromatic N) is 6. The van der Waals surface area contributed by atoms with Crippen LogP contribution in [-0.2, 0) is 6.54 Å². The number of halogens is 8. The fraction of sp³-hybridized carbons (Fsp3) is 0.110. The van der Waals surface area contributed by atoms with Gasteiger partial charge in [0.2, 0.25) is 0 Å². The van der Waals surface area contributed by atoms with Crippen molar-refractivity contribution in [3.05, 3.63) is 392 Å². The molecule has 0 bridgehead atoms. The van der Waals surface area contributed by atoms with Crippen LogP contribution in [0.5, 0.6) is 0 Å². The van der Waals surface area contributed by atoms with E-state index in [9.17, 15) is 24.0 Å². The van der Waals surface area contributed by atoms with Gasteiger partial charge in [-0.2, -0.15) is 0 Å². The molecule has 0 aliphatic carbocycles. The Hall–Kier alpha value is -10.2. The molecule has 4 aromatic heterocycles. The molecule has 538 valence electrons. The molecule has 0 spiro atoms. The van der Waals surface area contributed by atoms with E-state index < -0.39 is 12.0 Å². The van der Waals surface area contributed by atoms with Crippen molar-refractivity contribution in [3.63, 3.8) is 0 Å². The van der Waals surface area contributed by atoms with Crippen molar-refractivity contribution >= 4 is 128 Å². The number of amides is 4. The van der Waals surface area contributed by atoms with Crippen molar-refractivity contribution < 1.29 is 29.1 Å². The number of carbonyl (C=O) groups is 5. The van der Waals surface area contributed by atoms with Crippen LogP contribution in [0.1, 0.15) is 127 Å². The van der Waals surface area contributed by atoms with Gasteiger partial charge in [-0.05, 0) is 157 Å². The Labute approximate surface area is 654 Å². The molecule has 0 saturated carbocycles. The summed E-state index contributed by atoms with van der Waals surface area (Å²) in [5, 5.41) is 24.0. The lowest BCUT2D eigenvalue weighted by Gasteiger charge is -2.20. The molecule has 0 fully saturated rings. The summed E-state index contributed by atoms with van der Waals surface area (Å²) in [6.45, 7) is 0.804. The second-order valence-electron chi connectivity index (χ2n) is 24.0. The summed E-state index contributed by atoms with van der Waals surface area (Å²) in [7, 11) is 7.94. The van der Waals surface area contributed by atoms with Crippen molar-refractivity contribution in [1.29, 1.82) is 0 Å². The van der Waals surface area contributed by atoms with Crippen LogP contribution in [0.3, 0.4) is 0 Å². The Morgan fingerprint density at radius 2 is 0.632 bits per heavy atom. The number of hydrogen-bond donors (Lipinski definition) is 5. The number of aromatic carboxylic acids is 1. The SMILES string of the molecule is CN(C)Cc1ccc([C@@H](NC(=O)c2ccc(Cl)c(Cl)c2)c2ccccc2)nc1.CN(C)c1ccc([C@@H](NC(=O)c2ccc(Cl)c(Cl)c2)c2ccccc2)nc1.O=C(N[C@@H](c1ccccc1)c1ccccn1)c1ccc(Cl)c(Cl)c1.O=C(O)c1ccc([C@@H](NC(=O)c2ccc(Cl)c(Cl)c2)c2ccccc2)nc1. The molecule has 0 saturated heterocycles. The minimum absolute atomic E-state index is 0.0707. The highest BCUT2D eigenvalue weighted by atomic mass is 35.5. The summed E-state index contributed by atoms with van der Waals surface area (Å²) in [6, 6.07) is 72.3. The minimum Gasteiger partial charge on any atom is -0.478 e. The van der Waals surface area contributed by atoms with E-state index in [-0.39, 0.29) is 52.3 Å². The molecular weight excluding hydrogens is 1500 g/mol. The van der Waals surface area contributed by atoms with E-state index in [1.165, 1.54) is 18.3 Å². The highest BCUT2D eigenvalue weighted by Crippen LogP contribution is 2.31. The maximum absolute atomic E-state index is 12.8. The summed E-state index contributed by atoms with van der Waals surface area (Å²) in [5.41, 5.74) is 10.3. The van der Waals surface area contributed by atoms with Crippen LogP contribution in [0, 0.1) is 0 Å². The van der Waals surface area contributed by atoms with Crippen LogP contribution < -0.4 is 26.2 Å². The van der Waals surface area contributed by atoms with Crippen LogP contribution >= 0.6 is 92.8 Å². The first kappa shape index (κ1) is 79.9. The molecule has 5 N–H and O–H groups in total. The van der Waals surface area contributed by atoms with Crippen LogP contribution in [0.25, 0.3) is 0 Å². The maximum Gasteiger partial charge on any atom is 0.337 e. The van der Waals surface area contributed by atoms with Crippen molar-refractivity contribution in [2.75, 3.05) is 33.1 Å². The van der Waals surface area contributed by atoms with Gasteiger partial charge in [0, 0.05) is 61.5 Å². The number of hydrogen-bond acceptors (Lipinski definition) is 11. The van der Waals surface area contributed by atoms with Crippen LogP contribution in [0.15, 0.2) is 274 Å². The zero-order chi connectivity index (χ0) is 75.8. The predicted molar refractivity (Wildman–Crippen MR) is 424 cm³/mol. The third-order valence-electron chi connectivity index (χ3n) is 15.9. The monoisotopic (exact) mass is 1570 g/mol. The summed E-state index contributed by atoms with van der Waals surface area (Å²) < 4.78 is 0. The largest absolute Gasteiger partial charge is 0.478 e. The second kappa shape index (κ2) is 39.2. The van der Waals surface area contributed by atoms with Crippen LogP contribution in [0.4, 0.5) is 5.69 Å². The van der Waals surface area contributed by atoms with Crippen molar-refractivity contribution in [2.45, 2.75) is 30.7 Å². The molecule has 0 unspecified atom stereocenters. The summed E-state index contributed by atoms with van der Waals surface area (Å²) in [6.07, 6.45) is 6.60. The van der Waals surface area contributed by atoms with E-state index in [2.05, 4.69) is 46.1 Å². The van der Waals surface area contributed by atoms with E-state index in [0.717, 1.165) is 57.1 Å². The van der Waals surface area contributed by atoms with Gasteiger partial charge in [0.15, 0.2) is 0 Å². The second-order valence-corrected chi connectivity index (χ2v) is 27.2. The summed E-state index contributed by atoms with van der Waals surface area (Å²) in [4.78, 5) is 83.8. The van der Waals surface area contributed by atoms with Crippen LogP contribution in [-0.4, -0.2) is 87.7 Å². The zero-order valence-electron chi connectivity index (χ0n) is 57.2. The number of carboxylic acid groups (broad SMARTS) is 1. The Bertz CT molecular complexity index is 4890.